The molecule has 0 atom stereocenters. The molecule has 0 aliphatic heterocycles. The molecule has 2 aromatic carbocycles. The Kier molecular flexibility index (Phi) is 4.79. The minimum absolute atomic E-state index is 0.115. The normalized spacial score (nSPS) is 10.8. The summed E-state index contributed by atoms with van der Waals surface area (Å²) in [4.78, 5) is 0. The van der Waals surface area contributed by atoms with Gasteiger partial charge in [-0.15, -0.1) is 0 Å². The van der Waals surface area contributed by atoms with Crippen LogP contribution in [0, 0.1) is 26.6 Å². The summed E-state index contributed by atoms with van der Waals surface area (Å²) < 4.78 is 13.6. The van der Waals surface area contributed by atoms with Gasteiger partial charge in [-0.25, -0.2) is 4.39 Å². The second-order valence-electron chi connectivity index (χ2n) is 5.24. The molecule has 0 unspecified atom stereocenters. The summed E-state index contributed by atoms with van der Waals surface area (Å²) in [6.07, 6.45) is 0. The molecule has 0 aliphatic rings. The average molecular weight is 292 g/mol. The Bertz CT molecular complexity index is 599. The zero-order chi connectivity index (χ0) is 14.7. The second-order valence-corrected chi connectivity index (χ2v) is 5.65. The van der Waals surface area contributed by atoms with Gasteiger partial charge in [0.25, 0.3) is 0 Å². The van der Waals surface area contributed by atoms with Gasteiger partial charge in [-0.05, 0) is 54.7 Å². The Morgan fingerprint density at radius 1 is 1.00 bits per heavy atom. The van der Waals surface area contributed by atoms with E-state index in [4.69, 9.17) is 11.6 Å². The van der Waals surface area contributed by atoms with Crippen LogP contribution in [0.3, 0.4) is 0 Å². The minimum Gasteiger partial charge on any atom is -0.309 e. The van der Waals surface area contributed by atoms with Crippen molar-refractivity contribution in [2.45, 2.75) is 33.9 Å². The lowest BCUT2D eigenvalue weighted by molar-refractivity contribution is 0.606. The highest BCUT2D eigenvalue weighted by Gasteiger charge is 2.05. The van der Waals surface area contributed by atoms with Crippen molar-refractivity contribution in [1.82, 2.24) is 5.32 Å². The van der Waals surface area contributed by atoms with E-state index in [1.165, 1.54) is 0 Å². The highest BCUT2D eigenvalue weighted by atomic mass is 35.5. The molecule has 0 saturated heterocycles. The Hall–Kier alpha value is -1.38. The van der Waals surface area contributed by atoms with E-state index >= 15 is 0 Å². The van der Waals surface area contributed by atoms with Gasteiger partial charge in [0, 0.05) is 18.1 Å². The molecule has 20 heavy (non-hydrogen) atoms. The summed E-state index contributed by atoms with van der Waals surface area (Å²) in [5, 5.41) is 4.13. The van der Waals surface area contributed by atoms with Crippen molar-refractivity contribution in [3.8, 4) is 0 Å². The Morgan fingerprint density at radius 2 is 1.65 bits per heavy atom. The molecule has 1 nitrogen and oxygen atoms in total. The topological polar surface area (TPSA) is 12.0 Å². The maximum absolute atomic E-state index is 13.6. The van der Waals surface area contributed by atoms with Crippen LogP contribution in [0.4, 0.5) is 4.39 Å². The lowest BCUT2D eigenvalue weighted by Crippen LogP contribution is -2.13. The lowest BCUT2D eigenvalue weighted by Gasteiger charge is -2.10. The predicted octanol–water partition coefficient (Wildman–Crippen LogP) is 4.69. The fraction of sp³-hybridized carbons (Fsp3) is 0.294. The van der Waals surface area contributed by atoms with Crippen molar-refractivity contribution in [3.63, 3.8) is 0 Å². The summed E-state index contributed by atoms with van der Waals surface area (Å²) in [5.41, 5.74) is 4.70. The third kappa shape index (κ3) is 3.59. The smallest absolute Gasteiger partial charge is 0.129 e. The number of nitrogens with one attached hydrogen (secondary N) is 1. The molecule has 0 saturated carbocycles. The SMILES string of the molecule is Cc1ccc(CNCc2cc(C)c(F)c(C)c2)c(Cl)c1. The quantitative estimate of drug-likeness (QED) is 0.861. The molecule has 106 valence electrons. The molecule has 3 heteroatoms. The van der Waals surface area contributed by atoms with Gasteiger partial charge in [0.1, 0.15) is 5.82 Å². The molecule has 0 aromatic heterocycles. The van der Waals surface area contributed by atoms with Crippen LogP contribution in [-0.4, -0.2) is 0 Å². The van der Waals surface area contributed by atoms with Crippen LogP contribution in [0.1, 0.15) is 27.8 Å². The van der Waals surface area contributed by atoms with Gasteiger partial charge in [-0.1, -0.05) is 35.9 Å². The van der Waals surface area contributed by atoms with Crippen LogP contribution in [0.25, 0.3) is 0 Å². The number of hydrogen-bond acceptors (Lipinski definition) is 1. The molecule has 0 amide bonds. The van der Waals surface area contributed by atoms with E-state index in [2.05, 4.69) is 11.4 Å². The molecule has 0 fully saturated rings. The monoisotopic (exact) mass is 291 g/mol. The standard InChI is InChI=1S/C17H19ClFN/c1-11-4-5-15(16(18)6-11)10-20-9-14-7-12(2)17(19)13(3)8-14/h4-8,20H,9-10H2,1-3H3. The van der Waals surface area contributed by atoms with Gasteiger partial charge < -0.3 is 5.32 Å². The zero-order valence-corrected chi connectivity index (χ0v) is 12.8. The van der Waals surface area contributed by atoms with E-state index < -0.39 is 0 Å². The number of aryl methyl sites for hydroxylation is 3. The third-order valence-corrected chi connectivity index (χ3v) is 3.70. The van der Waals surface area contributed by atoms with Crippen molar-refractivity contribution in [1.29, 1.82) is 0 Å². The van der Waals surface area contributed by atoms with Gasteiger partial charge in [-0.3, -0.25) is 0 Å². The molecule has 0 aliphatic carbocycles. The van der Waals surface area contributed by atoms with E-state index in [-0.39, 0.29) is 5.82 Å². The first-order valence-electron chi connectivity index (χ1n) is 6.68. The highest BCUT2D eigenvalue weighted by Crippen LogP contribution is 2.18. The van der Waals surface area contributed by atoms with Crippen LogP contribution in [0.5, 0.6) is 0 Å². The average Bonchev–Trinajstić information content (AvgIpc) is 2.38. The minimum atomic E-state index is -0.115. The van der Waals surface area contributed by atoms with Gasteiger partial charge in [0.2, 0.25) is 0 Å². The first kappa shape index (κ1) is 15.0. The molecule has 2 rings (SSSR count). The number of benzene rings is 2. The van der Waals surface area contributed by atoms with Crippen LogP contribution >= 0.6 is 11.6 Å². The largest absolute Gasteiger partial charge is 0.309 e. The van der Waals surface area contributed by atoms with Crippen LogP contribution in [0.15, 0.2) is 30.3 Å². The summed E-state index contributed by atoms with van der Waals surface area (Å²) in [6.45, 7) is 7.01. The predicted molar refractivity (Wildman–Crippen MR) is 82.6 cm³/mol. The van der Waals surface area contributed by atoms with E-state index in [9.17, 15) is 4.39 Å². The van der Waals surface area contributed by atoms with Crippen molar-refractivity contribution in [2.75, 3.05) is 0 Å². The third-order valence-electron chi connectivity index (χ3n) is 3.35. The first-order valence-corrected chi connectivity index (χ1v) is 7.06. The number of halogens is 2. The molecular formula is C17H19ClFN. The molecule has 0 spiro atoms. The molecule has 0 heterocycles. The highest BCUT2D eigenvalue weighted by molar-refractivity contribution is 6.31. The van der Waals surface area contributed by atoms with Gasteiger partial charge in [0.05, 0.1) is 0 Å². The summed E-state index contributed by atoms with van der Waals surface area (Å²) in [7, 11) is 0. The van der Waals surface area contributed by atoms with Gasteiger partial charge >= 0.3 is 0 Å². The fourth-order valence-electron chi connectivity index (χ4n) is 2.27. The summed E-state index contributed by atoms with van der Waals surface area (Å²) in [6, 6.07) is 9.81. The van der Waals surface area contributed by atoms with Crippen LogP contribution in [-0.2, 0) is 13.1 Å². The fourth-order valence-corrected chi connectivity index (χ4v) is 2.58. The van der Waals surface area contributed by atoms with Crippen LogP contribution < -0.4 is 5.32 Å². The van der Waals surface area contributed by atoms with Crippen molar-refractivity contribution in [2.24, 2.45) is 0 Å². The summed E-state index contributed by atoms with van der Waals surface area (Å²) in [5.74, 6) is -0.115. The van der Waals surface area contributed by atoms with E-state index in [1.54, 1.807) is 13.8 Å². The number of hydrogen-bond donors (Lipinski definition) is 1. The molecule has 2 aromatic rings. The first-order chi connectivity index (χ1) is 9.47. The molecule has 0 bridgehead atoms. The molecular weight excluding hydrogens is 273 g/mol. The Labute approximate surface area is 124 Å². The molecule has 1 N–H and O–H groups in total. The van der Waals surface area contributed by atoms with Gasteiger partial charge in [0.15, 0.2) is 0 Å². The maximum atomic E-state index is 13.6. The Morgan fingerprint density at radius 3 is 2.25 bits per heavy atom. The zero-order valence-electron chi connectivity index (χ0n) is 12.1. The second kappa shape index (κ2) is 6.38. The van der Waals surface area contributed by atoms with E-state index in [0.29, 0.717) is 24.2 Å². The van der Waals surface area contributed by atoms with Gasteiger partial charge in [-0.2, -0.15) is 0 Å². The molecule has 0 radical (unpaired) electrons. The maximum Gasteiger partial charge on any atom is 0.129 e. The lowest BCUT2D eigenvalue weighted by atomic mass is 10.1. The summed E-state index contributed by atoms with van der Waals surface area (Å²) >= 11 is 6.19. The van der Waals surface area contributed by atoms with Crippen molar-refractivity contribution < 1.29 is 4.39 Å². The number of rotatable bonds is 4. The van der Waals surface area contributed by atoms with E-state index in [0.717, 1.165) is 21.7 Å². The van der Waals surface area contributed by atoms with Crippen LogP contribution in [0.2, 0.25) is 5.02 Å². The van der Waals surface area contributed by atoms with Crippen molar-refractivity contribution >= 4 is 11.6 Å². The van der Waals surface area contributed by atoms with E-state index in [1.807, 2.05) is 31.2 Å². The Balaban J connectivity index is 1.99. The van der Waals surface area contributed by atoms with Crippen molar-refractivity contribution in [3.05, 3.63) is 69.0 Å².